The van der Waals surface area contributed by atoms with E-state index in [1.807, 2.05) is 18.2 Å². The van der Waals surface area contributed by atoms with Gasteiger partial charge < -0.3 is 9.47 Å². The van der Waals surface area contributed by atoms with Crippen molar-refractivity contribution in [1.82, 2.24) is 0 Å². The van der Waals surface area contributed by atoms with Gasteiger partial charge in [0, 0.05) is 5.56 Å². The van der Waals surface area contributed by atoms with Crippen LogP contribution in [-0.2, 0) is 12.8 Å². The molecule has 0 atom stereocenters. The van der Waals surface area contributed by atoms with Crippen LogP contribution in [0.25, 0.3) is 10.8 Å². The monoisotopic (exact) mass is 320 g/mol. The van der Waals surface area contributed by atoms with E-state index in [9.17, 15) is 0 Å². The number of ether oxygens (including phenoxy) is 2. The number of allylic oxidation sites excluding steroid dienone is 2. The topological polar surface area (TPSA) is 18.5 Å². The molecule has 0 unspecified atom stereocenters. The highest BCUT2D eigenvalue weighted by atomic mass is 16.5. The minimum Gasteiger partial charge on any atom is -0.489 e. The maximum atomic E-state index is 5.81. The molecule has 0 fully saturated rings. The van der Waals surface area contributed by atoms with Crippen LogP contribution in [-0.4, -0.2) is 13.2 Å². The zero-order valence-corrected chi connectivity index (χ0v) is 14.1. The predicted molar refractivity (Wildman–Crippen MR) is 103 cm³/mol. The molecule has 2 aromatic carbocycles. The minimum atomic E-state index is 0.482. The third kappa shape index (κ3) is 3.96. The fourth-order valence-electron chi connectivity index (χ4n) is 2.68. The van der Waals surface area contributed by atoms with Crippen molar-refractivity contribution in [3.63, 3.8) is 0 Å². The number of fused-ring (bicyclic) bond motifs is 1. The Balaban J connectivity index is 2.61. The van der Waals surface area contributed by atoms with Gasteiger partial charge in [0.05, 0.1) is 0 Å². The second-order valence-corrected chi connectivity index (χ2v) is 5.41. The van der Waals surface area contributed by atoms with Crippen LogP contribution >= 0.6 is 0 Å². The lowest BCUT2D eigenvalue weighted by molar-refractivity contribution is 0.359. The van der Waals surface area contributed by atoms with Crippen molar-refractivity contribution in [2.45, 2.75) is 12.8 Å². The van der Waals surface area contributed by atoms with Crippen molar-refractivity contribution in [2.24, 2.45) is 0 Å². The van der Waals surface area contributed by atoms with Crippen molar-refractivity contribution < 1.29 is 9.47 Å². The molecule has 0 spiro atoms. The van der Waals surface area contributed by atoms with Crippen LogP contribution in [0.15, 0.2) is 74.9 Å². The SMILES string of the molecule is C=CCOc1cc2ccc(OCC=C)c(CC=C)c2cc1CC=C. The molecule has 0 saturated carbocycles. The lowest BCUT2D eigenvalue weighted by Gasteiger charge is -2.16. The molecule has 124 valence electrons. The summed E-state index contributed by atoms with van der Waals surface area (Å²) in [7, 11) is 0. The van der Waals surface area contributed by atoms with E-state index >= 15 is 0 Å². The Bertz CT molecular complexity index is 746. The summed E-state index contributed by atoms with van der Waals surface area (Å²) in [5.74, 6) is 1.73. The highest BCUT2D eigenvalue weighted by molar-refractivity contribution is 5.90. The maximum absolute atomic E-state index is 5.81. The first kappa shape index (κ1) is 17.6. The summed E-state index contributed by atoms with van der Waals surface area (Å²) in [6, 6.07) is 8.28. The summed E-state index contributed by atoms with van der Waals surface area (Å²) in [6.07, 6.45) is 8.75. The first-order valence-electron chi connectivity index (χ1n) is 8.02. The molecular formula is C22H24O2. The van der Waals surface area contributed by atoms with Crippen molar-refractivity contribution in [2.75, 3.05) is 13.2 Å². The van der Waals surface area contributed by atoms with E-state index in [0.717, 1.165) is 46.2 Å². The molecule has 0 N–H and O–H groups in total. The molecule has 2 aromatic rings. The molecule has 2 heteroatoms. The van der Waals surface area contributed by atoms with Crippen LogP contribution in [0.3, 0.4) is 0 Å². The van der Waals surface area contributed by atoms with Gasteiger partial charge >= 0.3 is 0 Å². The zero-order valence-electron chi connectivity index (χ0n) is 14.1. The first-order chi connectivity index (χ1) is 11.7. The van der Waals surface area contributed by atoms with Crippen molar-refractivity contribution >= 4 is 10.8 Å². The Kier molecular flexibility index (Phi) is 6.44. The molecule has 0 aliphatic carbocycles. The van der Waals surface area contributed by atoms with E-state index < -0.39 is 0 Å². The van der Waals surface area contributed by atoms with E-state index in [-0.39, 0.29) is 0 Å². The number of rotatable bonds is 10. The molecule has 0 radical (unpaired) electrons. The second kappa shape index (κ2) is 8.78. The fourth-order valence-corrected chi connectivity index (χ4v) is 2.68. The average molecular weight is 320 g/mol. The Hall–Kier alpha value is -2.74. The summed E-state index contributed by atoms with van der Waals surface area (Å²) >= 11 is 0. The van der Waals surface area contributed by atoms with Gasteiger partial charge in [-0.15, -0.1) is 13.2 Å². The van der Waals surface area contributed by atoms with Crippen LogP contribution in [0.4, 0.5) is 0 Å². The maximum Gasteiger partial charge on any atom is 0.123 e. The molecule has 0 saturated heterocycles. The average Bonchev–Trinajstić information content (AvgIpc) is 2.60. The third-order valence-corrected chi connectivity index (χ3v) is 3.70. The van der Waals surface area contributed by atoms with Crippen LogP contribution in [0.5, 0.6) is 11.5 Å². The summed E-state index contributed by atoms with van der Waals surface area (Å²) in [5.41, 5.74) is 2.23. The van der Waals surface area contributed by atoms with Crippen molar-refractivity contribution in [1.29, 1.82) is 0 Å². The van der Waals surface area contributed by atoms with Crippen molar-refractivity contribution in [3.05, 3.63) is 86.0 Å². The highest BCUT2D eigenvalue weighted by Crippen LogP contribution is 2.34. The molecule has 24 heavy (non-hydrogen) atoms. The van der Waals surface area contributed by atoms with Gasteiger partial charge in [0.2, 0.25) is 0 Å². The first-order valence-corrected chi connectivity index (χ1v) is 8.02. The zero-order chi connectivity index (χ0) is 17.4. The molecule has 2 nitrogen and oxygen atoms in total. The van der Waals surface area contributed by atoms with E-state index in [1.54, 1.807) is 12.2 Å². The summed E-state index contributed by atoms with van der Waals surface area (Å²) in [5, 5.41) is 2.27. The lowest BCUT2D eigenvalue weighted by atomic mass is 9.97. The molecule has 0 aromatic heterocycles. The van der Waals surface area contributed by atoms with Gasteiger partial charge in [-0.25, -0.2) is 0 Å². The van der Waals surface area contributed by atoms with Gasteiger partial charge in [-0.1, -0.05) is 43.5 Å². The molecule has 0 aliphatic rings. The number of hydrogen-bond acceptors (Lipinski definition) is 2. The largest absolute Gasteiger partial charge is 0.489 e. The van der Waals surface area contributed by atoms with Gasteiger partial charge in [-0.3, -0.25) is 0 Å². The standard InChI is InChI=1S/C22H24O2/c1-5-9-18-15-20-17(16-22(18)24-14-8-4)11-12-21(23-13-7-3)19(20)10-6-2/h5-8,11-12,15-16H,1-4,9-10,13-14H2. The van der Waals surface area contributed by atoms with Crippen LogP contribution in [0.2, 0.25) is 0 Å². The van der Waals surface area contributed by atoms with Crippen LogP contribution in [0, 0.1) is 0 Å². The van der Waals surface area contributed by atoms with E-state index in [4.69, 9.17) is 9.47 Å². The molecule has 0 heterocycles. The lowest BCUT2D eigenvalue weighted by Crippen LogP contribution is -2.00. The number of benzene rings is 2. The minimum absolute atomic E-state index is 0.482. The van der Waals surface area contributed by atoms with Crippen LogP contribution < -0.4 is 9.47 Å². The Morgan fingerprint density at radius 1 is 0.750 bits per heavy atom. The van der Waals surface area contributed by atoms with E-state index in [1.165, 1.54) is 0 Å². The molecular weight excluding hydrogens is 296 g/mol. The van der Waals surface area contributed by atoms with E-state index in [2.05, 4.69) is 44.5 Å². The summed E-state index contributed by atoms with van der Waals surface area (Å²) in [6.45, 7) is 16.1. The normalized spacial score (nSPS) is 10.2. The smallest absolute Gasteiger partial charge is 0.123 e. The van der Waals surface area contributed by atoms with Gasteiger partial charge in [0.15, 0.2) is 0 Å². The van der Waals surface area contributed by atoms with Gasteiger partial charge in [-0.05, 0) is 47.4 Å². The van der Waals surface area contributed by atoms with Gasteiger partial charge in [0.1, 0.15) is 24.7 Å². The summed E-state index contributed by atoms with van der Waals surface area (Å²) < 4.78 is 11.6. The van der Waals surface area contributed by atoms with Gasteiger partial charge in [-0.2, -0.15) is 0 Å². The molecule has 0 bridgehead atoms. The van der Waals surface area contributed by atoms with Crippen LogP contribution in [0.1, 0.15) is 11.1 Å². The quantitative estimate of drug-likeness (QED) is 0.544. The molecule has 2 rings (SSSR count). The number of hydrogen-bond donors (Lipinski definition) is 0. The molecule has 0 amide bonds. The van der Waals surface area contributed by atoms with E-state index in [0.29, 0.717) is 13.2 Å². The summed E-state index contributed by atoms with van der Waals surface area (Å²) in [4.78, 5) is 0. The van der Waals surface area contributed by atoms with Gasteiger partial charge in [0.25, 0.3) is 0 Å². The molecule has 0 aliphatic heterocycles. The predicted octanol–water partition coefficient (Wildman–Crippen LogP) is 5.43. The Morgan fingerprint density at radius 3 is 2.04 bits per heavy atom. The van der Waals surface area contributed by atoms with Crippen molar-refractivity contribution in [3.8, 4) is 11.5 Å². The third-order valence-electron chi connectivity index (χ3n) is 3.70. The fraction of sp³-hybridized carbons (Fsp3) is 0.182. The highest BCUT2D eigenvalue weighted by Gasteiger charge is 2.12. The Morgan fingerprint density at radius 2 is 1.42 bits per heavy atom. The Labute approximate surface area is 144 Å². The second-order valence-electron chi connectivity index (χ2n) is 5.41.